The summed E-state index contributed by atoms with van der Waals surface area (Å²) in [5, 5.41) is 13.6. The summed E-state index contributed by atoms with van der Waals surface area (Å²) in [6.07, 6.45) is 3.25. The van der Waals surface area contributed by atoms with Crippen molar-refractivity contribution in [3.05, 3.63) is 0 Å². The van der Waals surface area contributed by atoms with Gasteiger partial charge in [0.2, 0.25) is 0 Å². The van der Waals surface area contributed by atoms with Crippen LogP contribution in [0.1, 0.15) is 33.1 Å². The fourth-order valence-electron chi connectivity index (χ4n) is 2.97. The number of hydrogen-bond donors (Lipinski definition) is 2. The fourth-order valence-corrected chi connectivity index (χ4v) is 2.97. The monoisotopic (exact) mass is 212 g/mol. The highest BCUT2D eigenvalue weighted by atomic mass is 16.3. The SMILES string of the molecule is CC1(C)CCC(N2CCNCC2)C(O)C1. The Hall–Kier alpha value is -0.120. The summed E-state index contributed by atoms with van der Waals surface area (Å²) >= 11 is 0. The Labute approximate surface area is 92.8 Å². The highest BCUT2D eigenvalue weighted by Crippen LogP contribution is 2.37. The molecule has 0 radical (unpaired) electrons. The summed E-state index contributed by atoms with van der Waals surface area (Å²) < 4.78 is 0. The molecule has 3 nitrogen and oxygen atoms in total. The number of nitrogens with zero attached hydrogens (tertiary/aromatic N) is 1. The summed E-state index contributed by atoms with van der Waals surface area (Å²) in [5.41, 5.74) is 0.337. The second kappa shape index (κ2) is 4.40. The fraction of sp³-hybridized carbons (Fsp3) is 1.00. The molecule has 0 aromatic heterocycles. The van der Waals surface area contributed by atoms with Crippen LogP contribution in [-0.2, 0) is 0 Å². The summed E-state index contributed by atoms with van der Waals surface area (Å²) in [6.45, 7) is 8.89. The Morgan fingerprint density at radius 1 is 1.27 bits per heavy atom. The number of aliphatic hydroxyl groups excluding tert-OH is 1. The van der Waals surface area contributed by atoms with E-state index in [1.54, 1.807) is 0 Å². The maximum Gasteiger partial charge on any atom is 0.0700 e. The van der Waals surface area contributed by atoms with Crippen LogP contribution in [0.2, 0.25) is 0 Å². The van der Waals surface area contributed by atoms with Crippen molar-refractivity contribution in [3.63, 3.8) is 0 Å². The summed E-state index contributed by atoms with van der Waals surface area (Å²) in [4.78, 5) is 2.47. The van der Waals surface area contributed by atoms with E-state index in [9.17, 15) is 5.11 Å². The van der Waals surface area contributed by atoms with E-state index < -0.39 is 0 Å². The van der Waals surface area contributed by atoms with Crippen molar-refractivity contribution in [3.8, 4) is 0 Å². The van der Waals surface area contributed by atoms with Crippen molar-refractivity contribution in [1.82, 2.24) is 10.2 Å². The van der Waals surface area contributed by atoms with Crippen LogP contribution in [0.4, 0.5) is 0 Å². The molecule has 2 rings (SSSR count). The molecule has 2 N–H and O–H groups in total. The molecule has 1 aliphatic heterocycles. The minimum Gasteiger partial charge on any atom is -0.391 e. The summed E-state index contributed by atoms with van der Waals surface area (Å²) in [6, 6.07) is 0.417. The van der Waals surface area contributed by atoms with Gasteiger partial charge in [0.15, 0.2) is 0 Å². The molecule has 1 saturated carbocycles. The van der Waals surface area contributed by atoms with E-state index in [1.165, 1.54) is 6.42 Å². The van der Waals surface area contributed by atoms with Crippen LogP contribution in [0.15, 0.2) is 0 Å². The summed E-state index contributed by atoms with van der Waals surface area (Å²) in [5.74, 6) is 0. The Balaban J connectivity index is 1.92. The van der Waals surface area contributed by atoms with Crippen molar-refractivity contribution < 1.29 is 5.11 Å². The van der Waals surface area contributed by atoms with Gasteiger partial charge in [0, 0.05) is 32.2 Å². The molecule has 0 aromatic carbocycles. The number of piperazine rings is 1. The van der Waals surface area contributed by atoms with E-state index >= 15 is 0 Å². The predicted octanol–water partition coefficient (Wildman–Crippen LogP) is 0.831. The maximum absolute atomic E-state index is 10.2. The summed E-state index contributed by atoms with van der Waals surface area (Å²) in [7, 11) is 0. The quantitative estimate of drug-likeness (QED) is 0.676. The molecule has 0 bridgehead atoms. The standard InChI is InChI=1S/C12H24N2O/c1-12(2)4-3-10(11(15)9-12)14-7-5-13-6-8-14/h10-11,13,15H,3-9H2,1-2H3. The molecule has 1 heterocycles. The van der Waals surface area contributed by atoms with Crippen molar-refractivity contribution in [2.45, 2.75) is 45.3 Å². The first-order valence-corrected chi connectivity index (χ1v) is 6.21. The first-order valence-electron chi connectivity index (χ1n) is 6.21. The van der Waals surface area contributed by atoms with Crippen LogP contribution in [0, 0.1) is 5.41 Å². The van der Waals surface area contributed by atoms with Gasteiger partial charge < -0.3 is 10.4 Å². The van der Waals surface area contributed by atoms with Crippen LogP contribution < -0.4 is 5.32 Å². The topological polar surface area (TPSA) is 35.5 Å². The largest absolute Gasteiger partial charge is 0.391 e. The molecule has 0 amide bonds. The van der Waals surface area contributed by atoms with Gasteiger partial charge in [0.1, 0.15) is 0 Å². The van der Waals surface area contributed by atoms with Gasteiger partial charge in [-0.25, -0.2) is 0 Å². The molecule has 2 fully saturated rings. The first kappa shape index (κ1) is 11.4. The van der Waals surface area contributed by atoms with Gasteiger partial charge >= 0.3 is 0 Å². The second-order valence-electron chi connectivity index (χ2n) is 5.83. The van der Waals surface area contributed by atoms with Crippen molar-refractivity contribution in [2.24, 2.45) is 5.41 Å². The molecule has 15 heavy (non-hydrogen) atoms. The molecule has 3 heteroatoms. The Bertz CT molecular complexity index is 212. The number of nitrogens with one attached hydrogen (secondary N) is 1. The smallest absolute Gasteiger partial charge is 0.0700 e. The Morgan fingerprint density at radius 2 is 1.93 bits per heavy atom. The van der Waals surface area contributed by atoms with Crippen molar-refractivity contribution in [1.29, 1.82) is 0 Å². The molecule has 0 spiro atoms. The zero-order valence-electron chi connectivity index (χ0n) is 10.00. The molecular formula is C12H24N2O. The van der Waals surface area contributed by atoms with Gasteiger partial charge in [0.05, 0.1) is 6.10 Å². The number of aliphatic hydroxyl groups is 1. The minimum atomic E-state index is -0.119. The van der Waals surface area contributed by atoms with Crippen LogP contribution in [0.3, 0.4) is 0 Å². The van der Waals surface area contributed by atoms with Crippen molar-refractivity contribution >= 4 is 0 Å². The van der Waals surface area contributed by atoms with E-state index in [0.29, 0.717) is 11.5 Å². The van der Waals surface area contributed by atoms with Gasteiger partial charge in [-0.2, -0.15) is 0 Å². The van der Waals surface area contributed by atoms with E-state index in [2.05, 4.69) is 24.1 Å². The van der Waals surface area contributed by atoms with E-state index in [0.717, 1.165) is 39.0 Å². The van der Waals surface area contributed by atoms with Gasteiger partial charge in [-0.15, -0.1) is 0 Å². The van der Waals surface area contributed by atoms with Gasteiger partial charge in [-0.1, -0.05) is 13.8 Å². The van der Waals surface area contributed by atoms with Gasteiger partial charge in [0.25, 0.3) is 0 Å². The number of hydrogen-bond acceptors (Lipinski definition) is 3. The lowest BCUT2D eigenvalue weighted by molar-refractivity contribution is -0.0225. The third-order valence-electron chi connectivity index (χ3n) is 3.94. The lowest BCUT2D eigenvalue weighted by atomic mass is 9.73. The van der Waals surface area contributed by atoms with E-state index in [4.69, 9.17) is 0 Å². The predicted molar refractivity (Wildman–Crippen MR) is 61.9 cm³/mol. The van der Waals surface area contributed by atoms with Crippen LogP contribution in [0.5, 0.6) is 0 Å². The highest BCUT2D eigenvalue weighted by molar-refractivity contribution is 4.91. The molecule has 2 unspecified atom stereocenters. The Kier molecular flexibility index (Phi) is 3.33. The molecule has 1 saturated heterocycles. The van der Waals surface area contributed by atoms with Gasteiger partial charge in [-0.05, 0) is 24.7 Å². The minimum absolute atomic E-state index is 0.119. The van der Waals surface area contributed by atoms with E-state index in [-0.39, 0.29) is 6.10 Å². The maximum atomic E-state index is 10.2. The van der Waals surface area contributed by atoms with Crippen molar-refractivity contribution in [2.75, 3.05) is 26.2 Å². The third kappa shape index (κ3) is 2.71. The third-order valence-corrected chi connectivity index (χ3v) is 3.94. The molecule has 2 atom stereocenters. The Morgan fingerprint density at radius 3 is 2.53 bits per heavy atom. The van der Waals surface area contributed by atoms with Gasteiger partial charge in [-0.3, -0.25) is 4.90 Å². The molecule has 88 valence electrons. The molecule has 2 aliphatic rings. The zero-order valence-corrected chi connectivity index (χ0v) is 10.00. The lowest BCUT2D eigenvalue weighted by Crippen LogP contribution is -2.54. The average molecular weight is 212 g/mol. The molecule has 0 aromatic rings. The zero-order chi connectivity index (χ0) is 10.9. The molecule has 1 aliphatic carbocycles. The second-order valence-corrected chi connectivity index (χ2v) is 5.83. The lowest BCUT2D eigenvalue weighted by Gasteiger charge is -2.44. The average Bonchev–Trinajstić information content (AvgIpc) is 2.17. The number of rotatable bonds is 1. The van der Waals surface area contributed by atoms with Crippen LogP contribution >= 0.6 is 0 Å². The van der Waals surface area contributed by atoms with E-state index in [1.807, 2.05) is 0 Å². The first-order chi connectivity index (χ1) is 7.08. The highest BCUT2D eigenvalue weighted by Gasteiger charge is 2.36. The van der Waals surface area contributed by atoms with Crippen LogP contribution in [-0.4, -0.2) is 48.3 Å². The normalized spacial score (nSPS) is 37.8. The molecular weight excluding hydrogens is 188 g/mol. The van der Waals surface area contributed by atoms with Crippen LogP contribution in [0.25, 0.3) is 0 Å².